The fraction of sp³-hybridized carbons (Fsp3) is 0.818. The van der Waals surface area contributed by atoms with Gasteiger partial charge >= 0.3 is 0 Å². The summed E-state index contributed by atoms with van der Waals surface area (Å²) in [5.41, 5.74) is 0.0652. The molecule has 1 heterocycles. The molecule has 0 saturated carbocycles. The number of methoxy groups -OCH3 is 1. The Balaban J connectivity index is 2.40. The molecule has 0 radical (unpaired) electrons. The Bertz CT molecular complexity index is 305. The standard InChI is InChI=1S/C11H21N3O2S/c1-8(9(15)12-5-6-16-4)13-10-14-11(2,3)7-17-10/h8H,5-7H2,1-4H3,(H,12,15)(H,13,14). The second kappa shape index (κ2) is 6.26. The highest BCUT2D eigenvalue weighted by Gasteiger charge is 2.28. The number of nitrogens with zero attached hydrogens (tertiary/aromatic N) is 1. The number of nitrogens with one attached hydrogen (secondary N) is 2. The predicted octanol–water partition coefficient (Wildman–Crippen LogP) is 0.608. The zero-order valence-electron chi connectivity index (χ0n) is 10.9. The molecule has 1 rings (SSSR count). The molecule has 1 atom stereocenters. The fourth-order valence-corrected chi connectivity index (χ4v) is 2.49. The Morgan fingerprint density at radius 1 is 1.71 bits per heavy atom. The van der Waals surface area contributed by atoms with Crippen molar-refractivity contribution in [2.24, 2.45) is 4.99 Å². The van der Waals surface area contributed by atoms with Crippen molar-refractivity contribution in [1.29, 1.82) is 0 Å². The van der Waals surface area contributed by atoms with Gasteiger partial charge in [-0.1, -0.05) is 11.8 Å². The molecular weight excluding hydrogens is 238 g/mol. The monoisotopic (exact) mass is 259 g/mol. The van der Waals surface area contributed by atoms with Gasteiger partial charge in [0.05, 0.1) is 6.61 Å². The summed E-state index contributed by atoms with van der Waals surface area (Å²) in [7, 11) is 1.61. The quantitative estimate of drug-likeness (QED) is 0.710. The summed E-state index contributed by atoms with van der Waals surface area (Å²) in [5, 5.41) is 6.91. The van der Waals surface area contributed by atoms with Crippen LogP contribution in [0.5, 0.6) is 0 Å². The van der Waals surface area contributed by atoms with Crippen LogP contribution in [0.2, 0.25) is 0 Å². The molecule has 17 heavy (non-hydrogen) atoms. The summed E-state index contributed by atoms with van der Waals surface area (Å²) in [4.78, 5) is 16.0. The Kier molecular flexibility index (Phi) is 5.27. The summed E-state index contributed by atoms with van der Waals surface area (Å²) in [6.07, 6.45) is 0. The first kappa shape index (κ1) is 14.3. The molecule has 0 bridgehead atoms. The van der Waals surface area contributed by atoms with Crippen molar-refractivity contribution in [1.82, 2.24) is 10.6 Å². The first-order chi connectivity index (χ1) is 7.94. The van der Waals surface area contributed by atoms with Crippen LogP contribution in [-0.2, 0) is 9.53 Å². The minimum atomic E-state index is -0.365. The summed E-state index contributed by atoms with van der Waals surface area (Å²) < 4.78 is 4.87. The van der Waals surface area contributed by atoms with Gasteiger partial charge in [-0.15, -0.1) is 0 Å². The van der Waals surface area contributed by atoms with E-state index < -0.39 is 0 Å². The third kappa shape index (κ3) is 4.95. The van der Waals surface area contributed by atoms with Crippen LogP contribution in [-0.4, -0.2) is 48.7 Å². The Hall–Kier alpha value is -0.750. The molecule has 1 amide bonds. The second-order valence-corrected chi connectivity index (χ2v) is 5.66. The van der Waals surface area contributed by atoms with Crippen molar-refractivity contribution in [3.63, 3.8) is 0 Å². The molecule has 1 aliphatic rings. The van der Waals surface area contributed by atoms with Crippen LogP contribution < -0.4 is 10.6 Å². The van der Waals surface area contributed by atoms with E-state index in [0.717, 1.165) is 10.9 Å². The Morgan fingerprint density at radius 2 is 2.41 bits per heavy atom. The van der Waals surface area contributed by atoms with Gasteiger partial charge in [-0.2, -0.15) is 0 Å². The minimum Gasteiger partial charge on any atom is -0.383 e. The molecule has 1 fully saturated rings. The van der Waals surface area contributed by atoms with Crippen molar-refractivity contribution in [2.75, 3.05) is 26.0 Å². The van der Waals surface area contributed by atoms with Gasteiger partial charge in [0.1, 0.15) is 6.04 Å². The summed E-state index contributed by atoms with van der Waals surface area (Å²) >= 11 is 1.66. The molecule has 0 aromatic rings. The van der Waals surface area contributed by atoms with Gasteiger partial charge in [-0.25, -0.2) is 4.99 Å². The summed E-state index contributed by atoms with van der Waals surface area (Å²) in [5.74, 6) is 0.908. The van der Waals surface area contributed by atoms with Crippen LogP contribution in [0.1, 0.15) is 20.8 Å². The molecule has 5 nitrogen and oxygen atoms in total. The third-order valence-electron chi connectivity index (χ3n) is 2.31. The largest absolute Gasteiger partial charge is 0.383 e. The molecular formula is C11H21N3O2S. The van der Waals surface area contributed by atoms with Crippen LogP contribution in [0.3, 0.4) is 0 Å². The molecule has 0 aromatic heterocycles. The van der Waals surface area contributed by atoms with E-state index in [2.05, 4.69) is 29.5 Å². The number of amides is 1. The topological polar surface area (TPSA) is 62.7 Å². The van der Waals surface area contributed by atoms with Crippen molar-refractivity contribution >= 4 is 22.8 Å². The number of amidine groups is 1. The van der Waals surface area contributed by atoms with E-state index in [0.29, 0.717) is 13.2 Å². The number of hydrogen-bond donors (Lipinski definition) is 2. The lowest BCUT2D eigenvalue weighted by molar-refractivity contribution is -0.122. The Morgan fingerprint density at radius 3 is 2.94 bits per heavy atom. The van der Waals surface area contributed by atoms with Gasteiger partial charge in [0.2, 0.25) is 5.91 Å². The average molecular weight is 259 g/mol. The van der Waals surface area contributed by atoms with Gasteiger partial charge in [0, 0.05) is 24.9 Å². The van der Waals surface area contributed by atoms with Gasteiger partial charge in [-0.3, -0.25) is 4.79 Å². The van der Waals surface area contributed by atoms with Crippen LogP contribution in [0.4, 0.5) is 0 Å². The van der Waals surface area contributed by atoms with E-state index in [1.54, 1.807) is 25.8 Å². The van der Waals surface area contributed by atoms with Crippen LogP contribution in [0, 0.1) is 0 Å². The molecule has 1 saturated heterocycles. The number of aliphatic imine (C=N–C) groups is 1. The SMILES string of the molecule is COCCNC(=O)C(C)N=C1NC(C)(C)CS1. The van der Waals surface area contributed by atoms with Crippen molar-refractivity contribution < 1.29 is 9.53 Å². The first-order valence-electron chi connectivity index (χ1n) is 5.70. The molecule has 98 valence electrons. The zero-order chi connectivity index (χ0) is 12.9. The van der Waals surface area contributed by atoms with Crippen LogP contribution in [0.25, 0.3) is 0 Å². The molecule has 0 aromatic carbocycles. The van der Waals surface area contributed by atoms with Crippen LogP contribution >= 0.6 is 11.8 Å². The first-order valence-corrected chi connectivity index (χ1v) is 6.68. The van der Waals surface area contributed by atoms with Gasteiger partial charge < -0.3 is 15.4 Å². The van der Waals surface area contributed by atoms with E-state index in [9.17, 15) is 4.79 Å². The van der Waals surface area contributed by atoms with E-state index in [4.69, 9.17) is 4.74 Å². The average Bonchev–Trinajstić information content (AvgIpc) is 2.58. The van der Waals surface area contributed by atoms with E-state index in [1.807, 2.05) is 0 Å². The molecule has 0 spiro atoms. The van der Waals surface area contributed by atoms with Gasteiger partial charge in [0.15, 0.2) is 5.17 Å². The fourth-order valence-electron chi connectivity index (χ4n) is 1.34. The highest BCUT2D eigenvalue weighted by Crippen LogP contribution is 2.22. The normalized spacial score (nSPS) is 22.2. The van der Waals surface area contributed by atoms with Gasteiger partial charge in [0.25, 0.3) is 0 Å². The van der Waals surface area contributed by atoms with E-state index in [1.165, 1.54) is 0 Å². The van der Waals surface area contributed by atoms with E-state index >= 15 is 0 Å². The number of hydrogen-bond acceptors (Lipinski definition) is 4. The smallest absolute Gasteiger partial charge is 0.244 e. The molecule has 1 unspecified atom stereocenters. The highest BCUT2D eigenvalue weighted by atomic mass is 32.2. The predicted molar refractivity (Wildman–Crippen MR) is 71.5 cm³/mol. The molecule has 6 heteroatoms. The number of carbonyl (C=O) groups excluding carboxylic acids is 1. The number of ether oxygens (including phenoxy) is 1. The lowest BCUT2D eigenvalue weighted by Gasteiger charge is -2.16. The highest BCUT2D eigenvalue weighted by molar-refractivity contribution is 8.14. The van der Waals surface area contributed by atoms with Crippen LogP contribution in [0.15, 0.2) is 4.99 Å². The zero-order valence-corrected chi connectivity index (χ0v) is 11.7. The van der Waals surface area contributed by atoms with E-state index in [-0.39, 0.29) is 17.5 Å². The third-order valence-corrected chi connectivity index (χ3v) is 3.66. The van der Waals surface area contributed by atoms with Gasteiger partial charge in [-0.05, 0) is 20.8 Å². The molecule has 2 N–H and O–H groups in total. The number of rotatable bonds is 5. The maximum atomic E-state index is 11.7. The Labute approximate surface area is 107 Å². The second-order valence-electron chi connectivity index (χ2n) is 4.69. The summed E-state index contributed by atoms with van der Waals surface area (Å²) in [6, 6.07) is -0.365. The van der Waals surface area contributed by atoms with Crippen molar-refractivity contribution in [3.8, 4) is 0 Å². The number of carbonyl (C=O) groups is 1. The van der Waals surface area contributed by atoms with Crippen molar-refractivity contribution in [3.05, 3.63) is 0 Å². The summed E-state index contributed by atoms with van der Waals surface area (Å²) in [6.45, 7) is 7.08. The molecule has 0 aliphatic carbocycles. The maximum Gasteiger partial charge on any atom is 0.244 e. The lowest BCUT2D eigenvalue weighted by Crippen LogP contribution is -2.38. The maximum absolute atomic E-state index is 11.7. The molecule has 1 aliphatic heterocycles. The lowest BCUT2D eigenvalue weighted by atomic mass is 10.1. The minimum absolute atomic E-state index is 0.0652. The van der Waals surface area contributed by atoms with Crippen molar-refractivity contribution in [2.45, 2.75) is 32.4 Å². The number of thioether (sulfide) groups is 1.